The summed E-state index contributed by atoms with van der Waals surface area (Å²) in [6.07, 6.45) is 8.75. The Balaban J connectivity index is 2.54. The third-order valence-corrected chi connectivity index (χ3v) is 2.93. The predicted molar refractivity (Wildman–Crippen MR) is 65.7 cm³/mol. The number of allylic oxidation sites excluding steroid dienone is 1. The van der Waals surface area contributed by atoms with Crippen LogP contribution in [0.4, 0.5) is 0 Å². The number of carbonyl (C=O) groups is 1. The van der Waals surface area contributed by atoms with Gasteiger partial charge < -0.3 is 5.11 Å². The maximum absolute atomic E-state index is 11.1. The maximum Gasteiger partial charge on any atom is 0.303 e. The highest BCUT2D eigenvalue weighted by atomic mass is 32.2. The standard InChI is InChI=1S/C11H14N2O4S/c1-18(16,17)11-12-7-9(8-13-11)5-3-2-4-6-10(14)15/h3,5,7-8H,2,4,6H2,1H3,(H,14,15)/b5-3-. The van der Waals surface area contributed by atoms with E-state index in [0.29, 0.717) is 18.4 Å². The fraction of sp³-hybridized carbons (Fsp3) is 0.364. The molecule has 0 unspecified atom stereocenters. The van der Waals surface area contributed by atoms with Gasteiger partial charge in [0.05, 0.1) is 0 Å². The third kappa shape index (κ3) is 5.05. The van der Waals surface area contributed by atoms with E-state index in [1.165, 1.54) is 12.4 Å². The van der Waals surface area contributed by atoms with Gasteiger partial charge in [0.25, 0.3) is 0 Å². The lowest BCUT2D eigenvalue weighted by atomic mass is 10.2. The number of carboxylic acid groups (broad SMARTS) is 1. The molecular formula is C11H14N2O4S. The van der Waals surface area contributed by atoms with E-state index in [0.717, 1.165) is 6.26 Å². The minimum absolute atomic E-state index is 0.133. The van der Waals surface area contributed by atoms with Gasteiger partial charge >= 0.3 is 5.97 Å². The van der Waals surface area contributed by atoms with Crippen LogP contribution in [-0.4, -0.2) is 35.7 Å². The largest absolute Gasteiger partial charge is 0.481 e. The van der Waals surface area contributed by atoms with E-state index in [9.17, 15) is 13.2 Å². The van der Waals surface area contributed by atoms with Crippen LogP contribution in [0.2, 0.25) is 0 Å². The molecule has 1 aromatic rings. The van der Waals surface area contributed by atoms with Crippen LogP contribution in [0, 0.1) is 0 Å². The average molecular weight is 270 g/mol. The maximum atomic E-state index is 11.1. The van der Waals surface area contributed by atoms with Gasteiger partial charge in [-0.25, -0.2) is 18.4 Å². The molecule has 0 spiro atoms. The summed E-state index contributed by atoms with van der Waals surface area (Å²) in [5, 5.41) is 8.23. The minimum Gasteiger partial charge on any atom is -0.481 e. The molecule has 7 heteroatoms. The van der Waals surface area contributed by atoms with Crippen LogP contribution in [0.5, 0.6) is 0 Å². The molecule has 0 aromatic carbocycles. The molecule has 0 fully saturated rings. The molecule has 1 aromatic heterocycles. The molecular weight excluding hydrogens is 256 g/mol. The summed E-state index contributed by atoms with van der Waals surface area (Å²) in [6, 6.07) is 0. The Morgan fingerprint density at radius 3 is 2.50 bits per heavy atom. The molecule has 0 aliphatic heterocycles. The quantitative estimate of drug-likeness (QED) is 0.615. The summed E-state index contributed by atoms with van der Waals surface area (Å²) in [5.74, 6) is -0.816. The zero-order valence-electron chi connectivity index (χ0n) is 9.91. The van der Waals surface area contributed by atoms with Gasteiger partial charge in [-0.3, -0.25) is 4.79 Å². The molecule has 98 valence electrons. The van der Waals surface area contributed by atoms with E-state index >= 15 is 0 Å². The van der Waals surface area contributed by atoms with Crippen molar-refractivity contribution in [2.75, 3.05) is 6.26 Å². The van der Waals surface area contributed by atoms with Crippen molar-refractivity contribution in [3.63, 3.8) is 0 Å². The van der Waals surface area contributed by atoms with Crippen molar-refractivity contribution in [3.8, 4) is 0 Å². The van der Waals surface area contributed by atoms with Crippen LogP contribution in [0.3, 0.4) is 0 Å². The van der Waals surface area contributed by atoms with Crippen molar-refractivity contribution in [3.05, 3.63) is 24.0 Å². The molecule has 0 aliphatic rings. The molecule has 0 aliphatic carbocycles. The highest BCUT2D eigenvalue weighted by Crippen LogP contribution is 2.05. The molecule has 0 amide bonds. The van der Waals surface area contributed by atoms with Crippen LogP contribution >= 0.6 is 0 Å². The molecule has 6 nitrogen and oxygen atoms in total. The number of hydrogen-bond acceptors (Lipinski definition) is 5. The summed E-state index contributed by atoms with van der Waals surface area (Å²) >= 11 is 0. The Morgan fingerprint density at radius 2 is 2.00 bits per heavy atom. The monoisotopic (exact) mass is 270 g/mol. The van der Waals surface area contributed by atoms with Crippen molar-refractivity contribution in [1.29, 1.82) is 0 Å². The second kappa shape index (κ2) is 6.25. The summed E-state index contributed by atoms with van der Waals surface area (Å²) < 4.78 is 22.2. The molecule has 0 bridgehead atoms. The zero-order valence-corrected chi connectivity index (χ0v) is 10.7. The van der Waals surface area contributed by atoms with E-state index in [1.807, 2.05) is 6.08 Å². The second-order valence-corrected chi connectivity index (χ2v) is 5.67. The molecule has 0 atom stereocenters. The molecule has 1 heterocycles. The summed E-state index contributed by atoms with van der Waals surface area (Å²) in [6.45, 7) is 0. The molecule has 18 heavy (non-hydrogen) atoms. The van der Waals surface area contributed by atoms with Crippen LogP contribution in [-0.2, 0) is 14.6 Å². The number of aliphatic carboxylic acids is 1. The Kier molecular flexibility index (Phi) is 4.96. The van der Waals surface area contributed by atoms with Crippen molar-refractivity contribution in [2.45, 2.75) is 24.4 Å². The van der Waals surface area contributed by atoms with Gasteiger partial charge in [0.1, 0.15) is 0 Å². The van der Waals surface area contributed by atoms with Crippen LogP contribution < -0.4 is 0 Å². The van der Waals surface area contributed by atoms with Crippen molar-refractivity contribution < 1.29 is 18.3 Å². The Bertz CT molecular complexity index is 535. The molecule has 0 radical (unpaired) electrons. The Morgan fingerprint density at radius 1 is 1.39 bits per heavy atom. The second-order valence-electron chi connectivity index (χ2n) is 3.76. The molecule has 1 N–H and O–H groups in total. The van der Waals surface area contributed by atoms with Gasteiger partial charge in [-0.1, -0.05) is 12.2 Å². The zero-order chi connectivity index (χ0) is 13.6. The topological polar surface area (TPSA) is 97.2 Å². The first-order chi connectivity index (χ1) is 8.39. The number of nitrogens with zero attached hydrogens (tertiary/aromatic N) is 2. The highest BCUT2D eigenvalue weighted by molar-refractivity contribution is 7.90. The van der Waals surface area contributed by atoms with Crippen molar-refractivity contribution in [2.24, 2.45) is 0 Å². The third-order valence-electron chi connectivity index (χ3n) is 2.05. The molecule has 0 saturated heterocycles. The fourth-order valence-electron chi connectivity index (χ4n) is 1.19. The van der Waals surface area contributed by atoms with Crippen LogP contribution in [0.15, 0.2) is 23.6 Å². The first-order valence-electron chi connectivity index (χ1n) is 5.30. The van der Waals surface area contributed by atoms with E-state index in [-0.39, 0.29) is 11.6 Å². The van der Waals surface area contributed by atoms with Crippen LogP contribution in [0.25, 0.3) is 6.08 Å². The van der Waals surface area contributed by atoms with E-state index in [4.69, 9.17) is 5.11 Å². The summed E-state index contributed by atoms with van der Waals surface area (Å²) in [7, 11) is -3.37. The van der Waals surface area contributed by atoms with Crippen LogP contribution in [0.1, 0.15) is 24.8 Å². The van der Waals surface area contributed by atoms with Crippen molar-refractivity contribution >= 4 is 21.9 Å². The lowest BCUT2D eigenvalue weighted by molar-refractivity contribution is -0.137. The Labute approximate surface area is 105 Å². The lowest BCUT2D eigenvalue weighted by Gasteiger charge is -1.96. The van der Waals surface area contributed by atoms with E-state index in [1.54, 1.807) is 6.08 Å². The van der Waals surface area contributed by atoms with Gasteiger partial charge in [0, 0.05) is 30.6 Å². The highest BCUT2D eigenvalue weighted by Gasteiger charge is 2.09. The normalized spacial score (nSPS) is 11.8. The van der Waals surface area contributed by atoms with E-state index < -0.39 is 15.8 Å². The number of sulfone groups is 1. The first-order valence-corrected chi connectivity index (χ1v) is 7.19. The number of carboxylic acids is 1. The number of hydrogen-bond donors (Lipinski definition) is 1. The molecule has 1 rings (SSSR count). The van der Waals surface area contributed by atoms with Crippen molar-refractivity contribution in [1.82, 2.24) is 9.97 Å². The predicted octanol–water partition coefficient (Wildman–Crippen LogP) is 1.15. The van der Waals surface area contributed by atoms with Gasteiger partial charge in [0.2, 0.25) is 15.0 Å². The number of unbranched alkanes of at least 4 members (excludes halogenated alkanes) is 1. The smallest absolute Gasteiger partial charge is 0.303 e. The lowest BCUT2D eigenvalue weighted by Crippen LogP contribution is -2.03. The average Bonchev–Trinajstić information content (AvgIpc) is 2.27. The SMILES string of the molecule is CS(=O)(=O)c1ncc(/C=C\CCCC(=O)O)cn1. The number of aromatic nitrogens is 2. The van der Waals surface area contributed by atoms with Gasteiger partial charge in [0.15, 0.2) is 0 Å². The minimum atomic E-state index is -3.37. The van der Waals surface area contributed by atoms with Gasteiger partial charge in [-0.2, -0.15) is 0 Å². The molecule has 0 saturated carbocycles. The Hall–Kier alpha value is -1.76. The van der Waals surface area contributed by atoms with Gasteiger partial charge in [-0.15, -0.1) is 0 Å². The number of rotatable bonds is 6. The fourth-order valence-corrected chi connectivity index (χ4v) is 1.68. The summed E-state index contributed by atoms with van der Waals surface area (Å²) in [5.41, 5.74) is 0.678. The summed E-state index contributed by atoms with van der Waals surface area (Å²) in [4.78, 5) is 17.7. The van der Waals surface area contributed by atoms with E-state index in [2.05, 4.69) is 9.97 Å². The first kappa shape index (κ1) is 14.3. The van der Waals surface area contributed by atoms with Gasteiger partial charge in [-0.05, 0) is 12.8 Å².